The van der Waals surface area contributed by atoms with Crippen molar-refractivity contribution in [2.24, 2.45) is 7.05 Å². The number of esters is 1. The van der Waals surface area contributed by atoms with Crippen LogP contribution in [0.4, 0.5) is 0 Å². The molecular weight excluding hydrogens is 512 g/mol. The zero-order valence-corrected chi connectivity index (χ0v) is 20.8. The number of benzene rings is 1. The number of aryl methyl sites for hydroxylation is 1. The highest BCUT2D eigenvalue weighted by molar-refractivity contribution is 8.01. The van der Waals surface area contributed by atoms with Crippen molar-refractivity contribution in [1.82, 2.24) is 30.4 Å². The first-order valence-corrected chi connectivity index (χ1v) is 12.7. The van der Waals surface area contributed by atoms with Crippen molar-refractivity contribution in [3.8, 4) is 0 Å². The van der Waals surface area contributed by atoms with Crippen molar-refractivity contribution in [3.05, 3.63) is 46.7 Å². The number of hydrogen-bond acceptors (Lipinski definition) is 11. The van der Waals surface area contributed by atoms with Gasteiger partial charge >= 0.3 is 11.9 Å². The van der Waals surface area contributed by atoms with Gasteiger partial charge in [0.15, 0.2) is 6.29 Å². The molecule has 36 heavy (non-hydrogen) atoms. The summed E-state index contributed by atoms with van der Waals surface area (Å²) in [5.41, 5.74) is 1.33. The van der Waals surface area contributed by atoms with Crippen LogP contribution in [0.25, 0.3) is 0 Å². The maximum absolute atomic E-state index is 12.8. The van der Waals surface area contributed by atoms with Crippen molar-refractivity contribution in [2.45, 2.75) is 36.2 Å². The maximum Gasteiger partial charge on any atom is 0.352 e. The Hall–Kier alpha value is -3.43. The van der Waals surface area contributed by atoms with E-state index in [2.05, 4.69) is 20.8 Å². The van der Waals surface area contributed by atoms with Gasteiger partial charge in [0, 0.05) is 18.6 Å². The normalized spacial score (nSPS) is 19.9. The van der Waals surface area contributed by atoms with E-state index in [0.717, 1.165) is 0 Å². The monoisotopic (exact) mass is 534 g/mol. The number of carboxylic acids is 1. The fourth-order valence-electron chi connectivity index (χ4n) is 3.68. The Labute approximate surface area is 213 Å². The largest absolute Gasteiger partial charge is 0.477 e. The third kappa shape index (κ3) is 5.37. The molecule has 3 atom stereocenters. The van der Waals surface area contributed by atoms with Gasteiger partial charge in [-0.3, -0.25) is 14.5 Å². The summed E-state index contributed by atoms with van der Waals surface area (Å²) < 4.78 is 6.17. The predicted octanol–water partition coefficient (Wildman–Crippen LogP) is -0.221. The van der Waals surface area contributed by atoms with E-state index in [0.29, 0.717) is 27.8 Å². The third-order valence-corrected chi connectivity index (χ3v) is 7.79. The highest BCUT2D eigenvalue weighted by Gasteiger charge is 2.54. The molecule has 3 N–H and O–H groups in total. The molecule has 0 saturated carbocycles. The summed E-state index contributed by atoms with van der Waals surface area (Å²) in [6, 6.07) is 5.26. The number of nitrogens with zero attached hydrogens (tertiary/aromatic N) is 5. The molecule has 0 aliphatic carbocycles. The summed E-state index contributed by atoms with van der Waals surface area (Å²) in [4.78, 5) is 50.4. The molecule has 13 nitrogen and oxygen atoms in total. The second-order valence-electron chi connectivity index (χ2n) is 7.96. The number of thioether (sulfide) groups is 2. The number of hydrogen-bond donors (Lipinski definition) is 3. The first-order chi connectivity index (χ1) is 17.2. The number of β-lactam (4-membered cyclic amide) rings is 1. The zero-order chi connectivity index (χ0) is 26.0. The minimum absolute atomic E-state index is 0.0395. The number of ether oxygens (including phenoxy) is 1. The highest BCUT2D eigenvalue weighted by atomic mass is 32.2. The average Bonchev–Trinajstić information content (AvgIpc) is 3.24. The highest BCUT2D eigenvalue weighted by Crippen LogP contribution is 2.41. The fraction of sp³-hybridized carbons (Fsp3) is 0.381. The Morgan fingerprint density at radius 1 is 1.31 bits per heavy atom. The zero-order valence-electron chi connectivity index (χ0n) is 19.2. The van der Waals surface area contributed by atoms with Gasteiger partial charge in [-0.1, -0.05) is 23.9 Å². The molecule has 1 aromatic carbocycles. The van der Waals surface area contributed by atoms with Crippen LogP contribution in [-0.2, 0) is 32.6 Å². The molecule has 2 amide bonds. The lowest BCUT2D eigenvalue weighted by atomic mass is 10.0. The SMILES string of the molecule is CC(O)OC(=O)c1ccc(CC(=O)NC2C(=O)N3C(C(=O)O)=C(CSc4nnnn4C)CS[C@@H]23)cc1. The van der Waals surface area contributed by atoms with Crippen molar-refractivity contribution in [3.63, 3.8) is 0 Å². The molecule has 4 rings (SSSR count). The van der Waals surface area contributed by atoms with Crippen LogP contribution in [-0.4, -0.2) is 88.3 Å². The maximum atomic E-state index is 12.8. The minimum Gasteiger partial charge on any atom is -0.477 e. The number of carbonyl (C=O) groups excluding carboxylic acids is 3. The molecule has 3 heterocycles. The number of rotatable bonds is 9. The van der Waals surface area contributed by atoms with E-state index in [1.807, 2.05) is 0 Å². The number of carbonyl (C=O) groups is 4. The molecule has 0 bridgehead atoms. The Bertz CT molecular complexity index is 1230. The molecule has 1 fully saturated rings. The molecule has 2 aliphatic rings. The smallest absolute Gasteiger partial charge is 0.352 e. The third-order valence-electron chi connectivity index (χ3n) is 5.35. The number of nitrogens with one attached hydrogen (secondary N) is 1. The van der Waals surface area contributed by atoms with Crippen LogP contribution < -0.4 is 5.32 Å². The lowest BCUT2D eigenvalue weighted by Gasteiger charge is -2.49. The number of fused-ring (bicyclic) bond motifs is 1. The number of aromatic nitrogens is 4. The molecule has 0 radical (unpaired) electrons. The first kappa shape index (κ1) is 25.7. The Morgan fingerprint density at radius 3 is 2.64 bits per heavy atom. The summed E-state index contributed by atoms with van der Waals surface area (Å²) in [5, 5.41) is 32.8. The number of aliphatic hydroxyl groups excluding tert-OH is 1. The van der Waals surface area contributed by atoms with Gasteiger partial charge in [0.25, 0.3) is 5.91 Å². The Kier molecular flexibility index (Phi) is 7.61. The van der Waals surface area contributed by atoms with Crippen molar-refractivity contribution in [2.75, 3.05) is 11.5 Å². The molecule has 1 aromatic heterocycles. The van der Waals surface area contributed by atoms with Gasteiger partial charge in [-0.2, -0.15) is 0 Å². The van der Waals surface area contributed by atoms with E-state index in [1.165, 1.54) is 52.2 Å². The topological polar surface area (TPSA) is 177 Å². The molecule has 2 unspecified atom stereocenters. The molecular formula is C21H22N6O7S2. The summed E-state index contributed by atoms with van der Waals surface area (Å²) >= 11 is 2.65. The van der Waals surface area contributed by atoms with E-state index in [-0.39, 0.29) is 17.7 Å². The summed E-state index contributed by atoms with van der Waals surface area (Å²) in [5.74, 6) is -2.12. The predicted molar refractivity (Wildman–Crippen MR) is 126 cm³/mol. The van der Waals surface area contributed by atoms with Crippen molar-refractivity contribution < 1.29 is 34.1 Å². The van der Waals surface area contributed by atoms with Crippen molar-refractivity contribution >= 4 is 47.3 Å². The lowest BCUT2D eigenvalue weighted by Crippen LogP contribution is -2.70. The fourth-order valence-corrected chi connectivity index (χ4v) is 6.02. The van der Waals surface area contributed by atoms with Gasteiger partial charge < -0.3 is 20.3 Å². The summed E-state index contributed by atoms with van der Waals surface area (Å²) in [6.45, 7) is 1.32. The number of aliphatic carboxylic acids is 1. The van der Waals surface area contributed by atoms with Gasteiger partial charge in [-0.05, 0) is 40.6 Å². The Balaban J connectivity index is 1.37. The Morgan fingerprint density at radius 2 is 2.03 bits per heavy atom. The van der Waals surface area contributed by atoms with Crippen LogP contribution in [0.2, 0.25) is 0 Å². The van der Waals surface area contributed by atoms with E-state index < -0.39 is 41.5 Å². The first-order valence-electron chi connectivity index (χ1n) is 10.7. The lowest BCUT2D eigenvalue weighted by molar-refractivity contribution is -0.150. The second kappa shape index (κ2) is 10.7. The number of aliphatic hydroxyl groups is 1. The van der Waals surface area contributed by atoms with Crippen LogP contribution in [0.1, 0.15) is 22.8 Å². The van der Waals surface area contributed by atoms with Crippen LogP contribution in [0.15, 0.2) is 40.7 Å². The number of amides is 2. The molecule has 0 spiro atoms. The average molecular weight is 535 g/mol. The van der Waals surface area contributed by atoms with Gasteiger partial charge in [-0.15, -0.1) is 16.9 Å². The number of carboxylic acid groups (broad SMARTS) is 1. The van der Waals surface area contributed by atoms with Crippen molar-refractivity contribution in [1.29, 1.82) is 0 Å². The second-order valence-corrected chi connectivity index (χ2v) is 10.0. The van der Waals surface area contributed by atoms with Crippen LogP contribution in [0.5, 0.6) is 0 Å². The minimum atomic E-state index is -1.23. The molecule has 2 aromatic rings. The van der Waals surface area contributed by atoms with Crippen LogP contribution >= 0.6 is 23.5 Å². The van der Waals surface area contributed by atoms with E-state index >= 15 is 0 Å². The van der Waals surface area contributed by atoms with Gasteiger partial charge in [0.1, 0.15) is 17.1 Å². The van der Waals surface area contributed by atoms with Gasteiger partial charge in [-0.25, -0.2) is 14.3 Å². The van der Waals surface area contributed by atoms with E-state index in [9.17, 15) is 24.3 Å². The van der Waals surface area contributed by atoms with Gasteiger partial charge in [0.2, 0.25) is 11.1 Å². The molecule has 2 aliphatic heterocycles. The molecule has 190 valence electrons. The van der Waals surface area contributed by atoms with Gasteiger partial charge in [0.05, 0.1) is 12.0 Å². The molecule has 15 heteroatoms. The standard InChI is InChI=1S/C21H22N6O7S2/c1-10(28)34-20(33)12-5-3-11(4-6-12)7-14(29)22-15-17(30)27-16(19(31)32)13(8-35-18(15)27)9-36-21-23-24-25-26(21)2/h3-6,10,15,18,28H,7-9H2,1-2H3,(H,22,29)(H,31,32)/t10?,15?,18-/m0/s1. The molecule has 1 saturated heterocycles. The quantitative estimate of drug-likeness (QED) is 0.167. The van der Waals surface area contributed by atoms with E-state index in [1.54, 1.807) is 19.2 Å². The van der Waals surface area contributed by atoms with Crippen LogP contribution in [0, 0.1) is 0 Å². The number of tetrazole rings is 1. The summed E-state index contributed by atoms with van der Waals surface area (Å²) in [6.07, 6.45) is -1.27. The van der Waals surface area contributed by atoms with E-state index in [4.69, 9.17) is 9.84 Å². The van der Waals surface area contributed by atoms with Crippen LogP contribution in [0.3, 0.4) is 0 Å². The summed E-state index contributed by atoms with van der Waals surface area (Å²) in [7, 11) is 1.67.